The molecule has 0 aliphatic heterocycles. The van der Waals surface area contributed by atoms with E-state index in [1.165, 1.54) is 25.8 Å². The lowest BCUT2D eigenvalue weighted by atomic mass is 10.3. The molecular formula is C10H10N8O2. The highest BCUT2D eigenvalue weighted by atomic mass is 16.5. The average Bonchev–Trinajstić information content (AvgIpc) is 3.04. The third-order valence-corrected chi connectivity index (χ3v) is 2.52. The van der Waals surface area contributed by atoms with Gasteiger partial charge in [0.25, 0.3) is 0 Å². The Balaban J connectivity index is 1.89. The van der Waals surface area contributed by atoms with Gasteiger partial charge in [-0.05, 0) is 10.4 Å². The molecule has 102 valence electrons. The summed E-state index contributed by atoms with van der Waals surface area (Å²) in [5.41, 5.74) is 0.412. The van der Waals surface area contributed by atoms with Gasteiger partial charge >= 0.3 is 5.69 Å². The molecule has 0 aliphatic rings. The smallest absolute Gasteiger partial charge is 0.368 e. The van der Waals surface area contributed by atoms with Crippen LogP contribution < -0.4 is 10.4 Å². The van der Waals surface area contributed by atoms with Crippen LogP contribution in [0, 0.1) is 0 Å². The van der Waals surface area contributed by atoms with Gasteiger partial charge in [0.05, 0.1) is 6.20 Å². The fraction of sp³-hybridized carbons (Fsp3) is 0.200. The third-order valence-electron chi connectivity index (χ3n) is 2.52. The maximum atomic E-state index is 11.9. The highest BCUT2D eigenvalue weighted by Crippen LogP contribution is 2.11. The lowest BCUT2D eigenvalue weighted by molar-refractivity contribution is 0.288. The minimum Gasteiger partial charge on any atom is -0.470 e. The zero-order valence-corrected chi connectivity index (χ0v) is 10.4. The van der Waals surface area contributed by atoms with Crippen LogP contribution in [0.15, 0.2) is 29.6 Å². The minimum absolute atomic E-state index is 0.0535. The van der Waals surface area contributed by atoms with Crippen molar-refractivity contribution < 1.29 is 6.15 Å². The largest absolute Gasteiger partial charge is 0.470 e. The molecule has 0 saturated heterocycles. The zero-order valence-electron chi connectivity index (χ0n) is 11.4. The first-order valence-electron chi connectivity index (χ1n) is 6.06. The molecular weight excluding hydrogens is 264 g/mol. The molecule has 10 nitrogen and oxygen atoms in total. The summed E-state index contributed by atoms with van der Waals surface area (Å²) >= 11 is 0. The van der Waals surface area contributed by atoms with Crippen molar-refractivity contribution in [1.82, 2.24) is 39.9 Å². The number of aromatic nitrogens is 8. The predicted octanol–water partition coefficient (Wildman–Crippen LogP) is -0.942. The van der Waals surface area contributed by atoms with Crippen LogP contribution >= 0.6 is 0 Å². The van der Waals surface area contributed by atoms with Crippen molar-refractivity contribution in [3.63, 3.8) is 0 Å². The van der Waals surface area contributed by atoms with E-state index in [0.717, 1.165) is 14.5 Å². The lowest BCUT2D eigenvalue weighted by Gasteiger charge is -2.06. The molecule has 0 atom stereocenters. The minimum atomic E-state index is -0.415. The molecule has 0 spiro atoms. The summed E-state index contributed by atoms with van der Waals surface area (Å²) in [6, 6.07) is 1.54. The van der Waals surface area contributed by atoms with Crippen LogP contribution in [-0.4, -0.2) is 39.9 Å². The molecule has 3 rings (SSSR count). The van der Waals surface area contributed by atoms with Crippen molar-refractivity contribution in [2.45, 2.75) is 6.61 Å². The summed E-state index contributed by atoms with van der Waals surface area (Å²) in [7, 11) is 1.49. The molecule has 20 heavy (non-hydrogen) atoms. The predicted molar refractivity (Wildman–Crippen MR) is 65.1 cm³/mol. The topological polar surface area (TPSA) is 116 Å². The van der Waals surface area contributed by atoms with E-state index in [1.807, 2.05) is 0 Å². The number of ether oxygens (including phenoxy) is 1. The second-order valence-corrected chi connectivity index (χ2v) is 3.81. The quantitative estimate of drug-likeness (QED) is 0.653. The van der Waals surface area contributed by atoms with E-state index in [-0.39, 0.29) is 12.5 Å². The molecule has 0 aromatic carbocycles. The number of tetrazole rings is 1. The number of aromatic amines is 1. The monoisotopic (exact) mass is 276 g/mol. The van der Waals surface area contributed by atoms with Gasteiger partial charge in [-0.2, -0.15) is 9.36 Å². The van der Waals surface area contributed by atoms with Gasteiger partial charge in [-0.25, -0.2) is 14.8 Å². The van der Waals surface area contributed by atoms with Gasteiger partial charge < -0.3 is 4.74 Å². The summed E-state index contributed by atoms with van der Waals surface area (Å²) in [4.78, 5) is 19.8. The first-order chi connectivity index (χ1) is 10.1. The van der Waals surface area contributed by atoms with Crippen LogP contribution in [-0.2, 0) is 13.7 Å². The van der Waals surface area contributed by atoms with E-state index in [4.69, 9.17) is 6.15 Å². The molecule has 1 N–H and O–H groups in total. The van der Waals surface area contributed by atoms with Crippen molar-refractivity contribution in [2.75, 3.05) is 0 Å². The number of nitrogens with one attached hydrogen (secondary N) is 1. The summed E-state index contributed by atoms with van der Waals surface area (Å²) in [6.07, 6.45) is 4.22. The first-order valence-corrected chi connectivity index (χ1v) is 5.61. The summed E-state index contributed by atoms with van der Waals surface area (Å²) in [5.74, 6) is 0.279. The molecule has 3 aromatic rings. The number of H-pyrrole nitrogens is 1. The van der Waals surface area contributed by atoms with Crippen molar-refractivity contribution >= 4 is 0 Å². The van der Waals surface area contributed by atoms with Crippen LogP contribution in [0.5, 0.6) is 5.88 Å². The SMILES string of the molecule is [3H]n1ccc(OCc2ncncc2-n2nnn(C)c2=O)n1. The Morgan fingerprint density at radius 2 is 2.40 bits per heavy atom. The first kappa shape index (κ1) is 10.8. The zero-order chi connectivity index (χ0) is 14.8. The van der Waals surface area contributed by atoms with Gasteiger partial charge in [-0.3, -0.25) is 5.09 Å². The van der Waals surface area contributed by atoms with Gasteiger partial charge in [-0.1, -0.05) is 0 Å². The molecule has 0 fully saturated rings. The highest BCUT2D eigenvalue weighted by molar-refractivity contribution is 5.31. The molecule has 10 heteroatoms. The van der Waals surface area contributed by atoms with Gasteiger partial charge in [0.15, 0.2) is 1.41 Å². The van der Waals surface area contributed by atoms with Crippen LogP contribution in [0.2, 0.25) is 1.41 Å². The van der Waals surface area contributed by atoms with Gasteiger partial charge in [-0.15, -0.1) is 5.10 Å². The Kier molecular flexibility index (Phi) is 2.66. The second-order valence-electron chi connectivity index (χ2n) is 3.81. The van der Waals surface area contributed by atoms with E-state index < -0.39 is 5.69 Å². The summed E-state index contributed by atoms with van der Waals surface area (Å²) in [5, 5.41) is 12.0. The van der Waals surface area contributed by atoms with Gasteiger partial charge in [0, 0.05) is 19.3 Å². The Morgan fingerprint density at radius 3 is 3.10 bits per heavy atom. The maximum absolute atomic E-state index is 11.9. The Bertz CT molecular complexity index is 822. The fourth-order valence-electron chi connectivity index (χ4n) is 1.54. The van der Waals surface area contributed by atoms with Crippen molar-refractivity contribution in [3.8, 4) is 11.6 Å². The number of hydrogen-bond acceptors (Lipinski definition) is 7. The van der Waals surface area contributed by atoms with E-state index in [1.54, 1.807) is 6.07 Å². The molecule has 3 aromatic heterocycles. The van der Waals surface area contributed by atoms with Crippen molar-refractivity contribution in [1.29, 1.82) is 0 Å². The second kappa shape index (κ2) is 4.91. The Morgan fingerprint density at radius 1 is 1.50 bits per heavy atom. The van der Waals surface area contributed by atoms with Crippen molar-refractivity contribution in [3.05, 3.63) is 41.0 Å². The van der Waals surface area contributed by atoms with E-state index >= 15 is 0 Å². The maximum Gasteiger partial charge on any atom is 0.368 e. The Labute approximate surface area is 113 Å². The fourth-order valence-corrected chi connectivity index (χ4v) is 1.54. The molecule has 0 amide bonds. The molecule has 0 saturated carbocycles. The van der Waals surface area contributed by atoms with E-state index in [0.29, 0.717) is 11.4 Å². The molecule has 0 bridgehead atoms. The van der Waals surface area contributed by atoms with Gasteiger partial charge in [0.2, 0.25) is 5.88 Å². The number of hydrogen-bond donors (Lipinski definition) is 1. The normalized spacial score (nSPS) is 11.3. The average molecular weight is 276 g/mol. The summed E-state index contributed by atoms with van der Waals surface area (Å²) < 4.78 is 14.8. The van der Waals surface area contributed by atoms with Crippen LogP contribution in [0.3, 0.4) is 0 Å². The lowest BCUT2D eigenvalue weighted by Crippen LogP contribution is -2.23. The van der Waals surface area contributed by atoms with Crippen LogP contribution in [0.25, 0.3) is 5.69 Å². The molecule has 0 aliphatic carbocycles. The van der Waals surface area contributed by atoms with E-state index in [2.05, 4.69) is 25.5 Å². The van der Waals surface area contributed by atoms with E-state index in [9.17, 15) is 4.79 Å². The number of aryl methyl sites for hydroxylation is 1. The van der Waals surface area contributed by atoms with Crippen LogP contribution in [0.1, 0.15) is 5.69 Å². The number of rotatable bonds is 4. The molecule has 0 radical (unpaired) electrons. The molecule has 3 heterocycles. The summed E-state index contributed by atoms with van der Waals surface area (Å²) in [6.45, 7) is 0.0535. The van der Waals surface area contributed by atoms with Crippen molar-refractivity contribution in [2.24, 2.45) is 7.05 Å². The van der Waals surface area contributed by atoms with Gasteiger partial charge in [0.1, 0.15) is 24.3 Å². The third kappa shape index (κ3) is 2.13. The Hall–Kier alpha value is -3.04. The highest BCUT2D eigenvalue weighted by Gasteiger charge is 2.13. The number of nitrogens with zero attached hydrogens (tertiary/aromatic N) is 7. The van der Waals surface area contributed by atoms with Crippen LogP contribution in [0.4, 0.5) is 0 Å². The standard InChI is InChI=1S/C10H10N8O2/c1-17-10(19)18(16-15-17)8-4-11-6-12-7(8)5-20-9-2-3-13-14-9/h2-4,6H,5H2,1H3,(H,13,14)/i/hT. The molecule has 0 unspecified atom stereocenters.